The summed E-state index contributed by atoms with van der Waals surface area (Å²) in [7, 11) is -3.87. The molecule has 3 N–H and O–H groups in total. The van der Waals surface area contributed by atoms with Crippen LogP contribution in [0.3, 0.4) is 0 Å². The first kappa shape index (κ1) is 46.5. The molecule has 4 aromatic rings. The Kier molecular flexibility index (Phi) is 23.0. The van der Waals surface area contributed by atoms with Crippen molar-refractivity contribution in [1.29, 1.82) is 0 Å². The summed E-state index contributed by atoms with van der Waals surface area (Å²) in [6.07, 6.45) is 22.4. The van der Waals surface area contributed by atoms with Gasteiger partial charge in [0.05, 0.1) is 52.0 Å². The van der Waals surface area contributed by atoms with Gasteiger partial charge >= 0.3 is 7.60 Å². The summed E-state index contributed by atoms with van der Waals surface area (Å²) in [4.78, 5) is 12.5. The number of ether oxygens (including phenoxy) is 3. The molecule has 57 heavy (non-hydrogen) atoms. The second-order valence-corrected chi connectivity index (χ2v) is 16.9. The predicted molar refractivity (Wildman–Crippen MR) is 227 cm³/mol. The lowest BCUT2D eigenvalue weighted by atomic mass is 10.0. The molecule has 0 aliphatic carbocycles. The number of benzene rings is 2. The topological polar surface area (TPSA) is 153 Å². The lowest BCUT2D eigenvalue weighted by molar-refractivity contribution is -0.0504. The fraction of sp³-hybridized carbons (Fsp3) is 0.614. The van der Waals surface area contributed by atoms with Crippen LogP contribution in [0.2, 0.25) is 0 Å². The average Bonchev–Trinajstić information content (AvgIpc) is 3.66. The Labute approximate surface area is 340 Å². The van der Waals surface area contributed by atoms with Crippen LogP contribution in [0.15, 0.2) is 73.3 Å². The molecule has 0 amide bonds. The van der Waals surface area contributed by atoms with Gasteiger partial charge in [-0.1, -0.05) is 164 Å². The van der Waals surface area contributed by atoms with E-state index in [0.717, 1.165) is 24.0 Å². The average molecular weight is 810 g/mol. The third kappa shape index (κ3) is 18.9. The summed E-state index contributed by atoms with van der Waals surface area (Å²) in [5, 5.41) is 10.2. The summed E-state index contributed by atoms with van der Waals surface area (Å²) >= 11 is 0. The molecular weight excluding hydrogens is 741 g/mol. The molecule has 2 aromatic carbocycles. The van der Waals surface area contributed by atoms with Gasteiger partial charge in [-0.15, -0.1) is 0 Å². The Morgan fingerprint density at radius 1 is 0.684 bits per heavy atom. The van der Waals surface area contributed by atoms with Crippen molar-refractivity contribution in [3.8, 4) is 0 Å². The van der Waals surface area contributed by atoms with Gasteiger partial charge in [-0.25, -0.2) is 15.0 Å². The molecule has 0 fully saturated rings. The molecule has 0 aliphatic heterocycles. The van der Waals surface area contributed by atoms with Crippen LogP contribution < -0.4 is 5.73 Å². The van der Waals surface area contributed by atoms with Crippen LogP contribution in [0, 0.1) is 0 Å². The van der Waals surface area contributed by atoms with Gasteiger partial charge in [0, 0.05) is 6.61 Å². The molecule has 0 saturated carbocycles. The van der Waals surface area contributed by atoms with Crippen LogP contribution in [0.1, 0.15) is 121 Å². The summed E-state index contributed by atoms with van der Waals surface area (Å²) in [5.74, 6) is 0.255. The molecular formula is C44H68N5O7P. The van der Waals surface area contributed by atoms with Crippen molar-refractivity contribution in [1.82, 2.24) is 19.5 Å². The van der Waals surface area contributed by atoms with Crippen LogP contribution in [-0.4, -0.2) is 69.6 Å². The fourth-order valence-electron chi connectivity index (χ4n) is 6.57. The zero-order valence-corrected chi connectivity index (χ0v) is 35.2. The zero-order chi connectivity index (χ0) is 40.2. The molecule has 1 unspecified atom stereocenters. The number of aliphatic hydroxyl groups excluding tert-OH is 1. The molecule has 0 aliphatic rings. The molecule has 0 bridgehead atoms. The predicted octanol–water partition coefficient (Wildman–Crippen LogP) is 10.0. The van der Waals surface area contributed by atoms with E-state index in [1.165, 1.54) is 96.2 Å². The second kappa shape index (κ2) is 28.2. The summed E-state index contributed by atoms with van der Waals surface area (Å²) < 4.78 is 46.4. The number of nitrogens with two attached hydrogens (primary N) is 1. The number of nitrogens with zero attached hydrogens (tertiary/aromatic N) is 4. The molecule has 0 saturated heterocycles. The van der Waals surface area contributed by atoms with Crippen molar-refractivity contribution in [2.45, 2.75) is 142 Å². The SMILES string of the molecule is CCCCCCCCCCCCCCCCCCOC[C@@H](COP(=O)(CO[C@H](CO)Cn1cnc2c(N)ncnc21)OCc1ccccc1)OCc1ccccc1. The number of hydrogen-bond acceptors (Lipinski definition) is 11. The van der Waals surface area contributed by atoms with E-state index in [0.29, 0.717) is 24.4 Å². The maximum atomic E-state index is 14.3. The van der Waals surface area contributed by atoms with Gasteiger partial charge < -0.3 is 38.7 Å². The van der Waals surface area contributed by atoms with Gasteiger partial charge in [-0.2, -0.15) is 0 Å². The number of nitrogen functional groups attached to an aromatic ring is 1. The van der Waals surface area contributed by atoms with Crippen molar-refractivity contribution >= 4 is 24.6 Å². The Morgan fingerprint density at radius 3 is 1.86 bits per heavy atom. The van der Waals surface area contributed by atoms with E-state index in [9.17, 15) is 9.67 Å². The molecule has 0 radical (unpaired) electrons. The van der Waals surface area contributed by atoms with E-state index in [4.69, 9.17) is 29.0 Å². The standard InChI is InChI=1S/C44H68N5O7P/c1-2-3-4-5-6-7-8-9-10-11-12-13-14-15-16-23-28-52-33-41(53-31-38-24-19-17-20-25-38)34-56-57(51,55-32-39-26-21-18-22-27-39)37-54-40(30-50)29-49-36-48-42-43(45)46-35-47-44(42)49/h17-22,24-27,35-36,40-41,50H,2-16,23,28-34,37H2,1H3,(H2,45,46,47)/t40-,41-,57?/m0/s1. The summed E-state index contributed by atoms with van der Waals surface area (Å²) in [5.41, 5.74) is 8.74. The number of hydrogen-bond donors (Lipinski definition) is 2. The van der Waals surface area contributed by atoms with Crippen LogP contribution in [-0.2, 0) is 47.6 Å². The van der Waals surface area contributed by atoms with E-state index in [1.54, 1.807) is 10.9 Å². The molecule has 316 valence electrons. The second-order valence-electron chi connectivity index (χ2n) is 14.9. The third-order valence-corrected chi connectivity index (χ3v) is 11.5. The van der Waals surface area contributed by atoms with Gasteiger partial charge in [-0.3, -0.25) is 4.57 Å². The van der Waals surface area contributed by atoms with Gasteiger partial charge in [0.1, 0.15) is 24.3 Å². The largest absolute Gasteiger partial charge is 0.394 e. The Balaban J connectivity index is 1.21. The quantitative estimate of drug-likeness (QED) is 0.0342. The summed E-state index contributed by atoms with van der Waals surface area (Å²) in [6.45, 7) is 3.37. The van der Waals surface area contributed by atoms with Crippen molar-refractivity contribution in [3.63, 3.8) is 0 Å². The number of unbranched alkanes of at least 4 members (excludes halogenated alkanes) is 15. The zero-order valence-electron chi connectivity index (χ0n) is 34.3. The van der Waals surface area contributed by atoms with Crippen molar-refractivity contribution in [2.24, 2.45) is 0 Å². The Morgan fingerprint density at radius 2 is 1.26 bits per heavy atom. The van der Waals surface area contributed by atoms with E-state index in [-0.39, 0.29) is 45.1 Å². The van der Waals surface area contributed by atoms with Crippen molar-refractivity contribution in [2.75, 3.05) is 38.5 Å². The first-order valence-electron chi connectivity index (χ1n) is 21.3. The molecule has 2 heterocycles. The number of imidazole rings is 1. The third-order valence-electron chi connectivity index (χ3n) is 10.0. The van der Waals surface area contributed by atoms with Gasteiger partial charge in [0.25, 0.3) is 0 Å². The minimum Gasteiger partial charge on any atom is -0.394 e. The van der Waals surface area contributed by atoms with E-state index in [1.807, 2.05) is 60.7 Å². The number of rotatable bonds is 34. The van der Waals surface area contributed by atoms with Gasteiger partial charge in [-0.05, 0) is 17.5 Å². The highest BCUT2D eigenvalue weighted by Crippen LogP contribution is 2.49. The van der Waals surface area contributed by atoms with Crippen molar-refractivity contribution < 1.29 is 32.9 Å². The monoisotopic (exact) mass is 809 g/mol. The maximum absolute atomic E-state index is 14.3. The van der Waals surface area contributed by atoms with E-state index in [2.05, 4.69) is 21.9 Å². The Hall–Kier alpha value is -3.22. The number of aliphatic hydroxyl groups is 1. The van der Waals surface area contributed by atoms with Crippen LogP contribution in [0.25, 0.3) is 11.2 Å². The highest BCUT2D eigenvalue weighted by molar-refractivity contribution is 7.53. The molecule has 2 aromatic heterocycles. The minimum absolute atomic E-state index is 0.0344. The molecule has 0 spiro atoms. The molecule has 13 heteroatoms. The first-order valence-corrected chi connectivity index (χ1v) is 23.0. The number of fused-ring (bicyclic) bond motifs is 1. The highest BCUT2D eigenvalue weighted by atomic mass is 31.2. The number of aromatic nitrogens is 4. The minimum atomic E-state index is -3.87. The molecule has 12 nitrogen and oxygen atoms in total. The van der Waals surface area contributed by atoms with Crippen LogP contribution in [0.4, 0.5) is 5.82 Å². The smallest absolute Gasteiger partial charge is 0.356 e. The Bertz CT molecular complexity index is 1650. The summed E-state index contributed by atoms with van der Waals surface area (Å²) in [6, 6.07) is 19.3. The van der Waals surface area contributed by atoms with Crippen LogP contribution in [0.5, 0.6) is 0 Å². The lowest BCUT2D eigenvalue weighted by Crippen LogP contribution is -2.27. The van der Waals surface area contributed by atoms with E-state index >= 15 is 0 Å². The lowest BCUT2D eigenvalue weighted by Gasteiger charge is -2.25. The normalized spacial score (nSPS) is 13.9. The van der Waals surface area contributed by atoms with Crippen molar-refractivity contribution in [3.05, 3.63) is 84.4 Å². The highest BCUT2D eigenvalue weighted by Gasteiger charge is 2.29. The fourth-order valence-corrected chi connectivity index (χ4v) is 7.92. The maximum Gasteiger partial charge on any atom is 0.356 e. The van der Waals surface area contributed by atoms with Crippen LogP contribution >= 0.6 is 7.60 Å². The molecule has 3 atom stereocenters. The number of anilines is 1. The first-order chi connectivity index (χ1) is 28.0. The molecule has 4 rings (SSSR count). The van der Waals surface area contributed by atoms with E-state index < -0.39 is 19.8 Å². The van der Waals surface area contributed by atoms with Gasteiger partial charge in [0.2, 0.25) is 0 Å². The van der Waals surface area contributed by atoms with Gasteiger partial charge in [0.15, 0.2) is 11.5 Å².